The molecule has 1 aliphatic heterocycles. The number of carbonyl (C=O) groups excluding carboxylic acids is 1. The number of carbonyl (C=O) groups is 1. The van der Waals surface area contributed by atoms with E-state index >= 15 is 0 Å². The Kier molecular flexibility index (Phi) is 3.96. The number of aromatic nitrogens is 3. The monoisotopic (exact) mass is 286 g/mol. The van der Waals surface area contributed by atoms with Crippen molar-refractivity contribution in [3.05, 3.63) is 41.9 Å². The Labute approximate surface area is 123 Å². The largest absolute Gasteiger partial charge is 0.376 e. The van der Waals surface area contributed by atoms with E-state index in [4.69, 9.17) is 4.74 Å². The third-order valence-electron chi connectivity index (χ3n) is 3.63. The second-order valence-electron chi connectivity index (χ2n) is 5.09. The van der Waals surface area contributed by atoms with Gasteiger partial charge in [-0.1, -0.05) is 6.07 Å². The Bertz CT molecular complexity index is 618. The Balaban J connectivity index is 1.71. The molecule has 1 amide bonds. The molecule has 0 saturated carbocycles. The molecule has 3 heterocycles. The SMILES string of the molecule is Cc1c(C(=O)NCC2CCCO2)cnn1-c1ccccn1. The molecule has 1 N–H and O–H groups in total. The predicted octanol–water partition coefficient (Wildman–Crippen LogP) is 1.48. The zero-order valence-electron chi connectivity index (χ0n) is 12.0. The normalized spacial score (nSPS) is 17.9. The van der Waals surface area contributed by atoms with Crippen LogP contribution in [0, 0.1) is 6.92 Å². The van der Waals surface area contributed by atoms with E-state index in [1.165, 1.54) is 0 Å². The van der Waals surface area contributed by atoms with Crippen molar-refractivity contribution in [2.75, 3.05) is 13.2 Å². The van der Waals surface area contributed by atoms with E-state index in [-0.39, 0.29) is 12.0 Å². The lowest BCUT2D eigenvalue weighted by atomic mass is 10.2. The van der Waals surface area contributed by atoms with Gasteiger partial charge in [-0.25, -0.2) is 9.67 Å². The van der Waals surface area contributed by atoms with Crippen molar-refractivity contribution in [2.45, 2.75) is 25.9 Å². The number of rotatable bonds is 4. The summed E-state index contributed by atoms with van der Waals surface area (Å²) >= 11 is 0. The lowest BCUT2D eigenvalue weighted by Crippen LogP contribution is -2.32. The van der Waals surface area contributed by atoms with Crippen LogP contribution in [0.25, 0.3) is 5.82 Å². The summed E-state index contributed by atoms with van der Waals surface area (Å²) in [5.74, 6) is 0.582. The summed E-state index contributed by atoms with van der Waals surface area (Å²) in [7, 11) is 0. The molecule has 3 rings (SSSR count). The van der Waals surface area contributed by atoms with Gasteiger partial charge in [0.05, 0.1) is 23.6 Å². The molecule has 0 spiro atoms. The molecule has 0 radical (unpaired) electrons. The van der Waals surface area contributed by atoms with Crippen LogP contribution in [0.2, 0.25) is 0 Å². The summed E-state index contributed by atoms with van der Waals surface area (Å²) in [4.78, 5) is 16.5. The second-order valence-corrected chi connectivity index (χ2v) is 5.09. The van der Waals surface area contributed by atoms with E-state index in [1.54, 1.807) is 17.1 Å². The lowest BCUT2D eigenvalue weighted by molar-refractivity contribution is 0.0857. The van der Waals surface area contributed by atoms with Crippen molar-refractivity contribution in [1.82, 2.24) is 20.1 Å². The Morgan fingerprint density at radius 1 is 1.52 bits per heavy atom. The van der Waals surface area contributed by atoms with Crippen LogP contribution in [-0.2, 0) is 4.74 Å². The molecule has 1 fully saturated rings. The standard InChI is InChI=1S/C15H18N4O2/c1-11-13(15(20)17-9-12-5-4-8-21-12)10-18-19(11)14-6-2-3-7-16-14/h2-3,6-7,10,12H,4-5,8-9H2,1H3,(H,17,20). The molecule has 6 nitrogen and oxygen atoms in total. The van der Waals surface area contributed by atoms with E-state index in [0.29, 0.717) is 17.9 Å². The van der Waals surface area contributed by atoms with Crippen LogP contribution in [0.3, 0.4) is 0 Å². The molecule has 0 bridgehead atoms. The maximum Gasteiger partial charge on any atom is 0.254 e. The first-order valence-electron chi connectivity index (χ1n) is 7.11. The number of hydrogen-bond acceptors (Lipinski definition) is 4. The number of nitrogens with one attached hydrogen (secondary N) is 1. The fourth-order valence-corrected chi connectivity index (χ4v) is 2.45. The number of nitrogens with zero attached hydrogens (tertiary/aromatic N) is 3. The highest BCUT2D eigenvalue weighted by molar-refractivity contribution is 5.95. The minimum absolute atomic E-state index is 0.120. The molecule has 6 heteroatoms. The average molecular weight is 286 g/mol. The maximum atomic E-state index is 12.2. The summed E-state index contributed by atoms with van der Waals surface area (Å²) in [6.07, 6.45) is 5.49. The van der Waals surface area contributed by atoms with Gasteiger partial charge in [0.1, 0.15) is 0 Å². The van der Waals surface area contributed by atoms with Gasteiger partial charge in [0.25, 0.3) is 5.91 Å². The summed E-state index contributed by atoms with van der Waals surface area (Å²) in [6.45, 7) is 3.20. The van der Waals surface area contributed by atoms with Gasteiger partial charge in [-0.2, -0.15) is 5.10 Å². The molecule has 2 aromatic heterocycles. The fourth-order valence-electron chi connectivity index (χ4n) is 2.45. The average Bonchev–Trinajstić information content (AvgIpc) is 3.15. The topological polar surface area (TPSA) is 69.0 Å². The quantitative estimate of drug-likeness (QED) is 0.924. The maximum absolute atomic E-state index is 12.2. The highest BCUT2D eigenvalue weighted by atomic mass is 16.5. The van der Waals surface area contributed by atoms with E-state index in [0.717, 1.165) is 25.1 Å². The third kappa shape index (κ3) is 2.95. The zero-order chi connectivity index (χ0) is 14.7. The van der Waals surface area contributed by atoms with Gasteiger partial charge in [-0.05, 0) is 31.9 Å². The first-order chi connectivity index (χ1) is 10.3. The molecule has 0 aliphatic carbocycles. The number of hydrogen-bond donors (Lipinski definition) is 1. The van der Waals surface area contributed by atoms with Crippen molar-refractivity contribution in [2.24, 2.45) is 0 Å². The van der Waals surface area contributed by atoms with Gasteiger partial charge in [0.15, 0.2) is 5.82 Å². The minimum atomic E-state index is -0.120. The van der Waals surface area contributed by atoms with Crippen LogP contribution >= 0.6 is 0 Å². The van der Waals surface area contributed by atoms with Crippen LogP contribution in [0.4, 0.5) is 0 Å². The van der Waals surface area contributed by atoms with Crippen molar-refractivity contribution >= 4 is 5.91 Å². The molecule has 1 atom stereocenters. The third-order valence-corrected chi connectivity index (χ3v) is 3.63. The van der Waals surface area contributed by atoms with E-state index < -0.39 is 0 Å². The summed E-state index contributed by atoms with van der Waals surface area (Å²) in [6, 6.07) is 5.59. The van der Waals surface area contributed by atoms with E-state index in [2.05, 4.69) is 15.4 Å². The van der Waals surface area contributed by atoms with Gasteiger partial charge in [-0.3, -0.25) is 4.79 Å². The number of ether oxygens (including phenoxy) is 1. The summed E-state index contributed by atoms with van der Waals surface area (Å²) in [5.41, 5.74) is 1.34. The number of amides is 1. The first-order valence-corrected chi connectivity index (χ1v) is 7.11. The van der Waals surface area contributed by atoms with Crippen molar-refractivity contribution in [1.29, 1.82) is 0 Å². The molecule has 0 aromatic carbocycles. The van der Waals surface area contributed by atoms with Crippen LogP contribution in [0.5, 0.6) is 0 Å². The molecule has 2 aromatic rings. The van der Waals surface area contributed by atoms with Crippen LogP contribution in [0.15, 0.2) is 30.6 Å². The minimum Gasteiger partial charge on any atom is -0.376 e. The van der Waals surface area contributed by atoms with Crippen LogP contribution < -0.4 is 5.32 Å². The summed E-state index contributed by atoms with van der Waals surface area (Å²) in [5, 5.41) is 7.16. The Morgan fingerprint density at radius 3 is 3.14 bits per heavy atom. The zero-order valence-corrected chi connectivity index (χ0v) is 12.0. The Hall–Kier alpha value is -2.21. The van der Waals surface area contributed by atoms with E-state index in [9.17, 15) is 4.79 Å². The van der Waals surface area contributed by atoms with E-state index in [1.807, 2.05) is 25.1 Å². The highest BCUT2D eigenvalue weighted by Crippen LogP contribution is 2.13. The van der Waals surface area contributed by atoms with Crippen LogP contribution in [-0.4, -0.2) is 39.9 Å². The second kappa shape index (κ2) is 6.05. The van der Waals surface area contributed by atoms with Crippen molar-refractivity contribution < 1.29 is 9.53 Å². The highest BCUT2D eigenvalue weighted by Gasteiger charge is 2.19. The molecule has 21 heavy (non-hydrogen) atoms. The molecular weight excluding hydrogens is 268 g/mol. The lowest BCUT2D eigenvalue weighted by Gasteiger charge is -2.10. The predicted molar refractivity (Wildman–Crippen MR) is 77.4 cm³/mol. The summed E-state index contributed by atoms with van der Waals surface area (Å²) < 4.78 is 7.17. The molecule has 1 aliphatic rings. The first kappa shape index (κ1) is 13.8. The molecule has 1 saturated heterocycles. The Morgan fingerprint density at radius 2 is 2.43 bits per heavy atom. The molecule has 110 valence electrons. The van der Waals surface area contributed by atoms with Gasteiger partial charge in [-0.15, -0.1) is 0 Å². The van der Waals surface area contributed by atoms with Gasteiger partial charge in [0, 0.05) is 19.3 Å². The molecular formula is C15H18N4O2. The number of pyridine rings is 1. The van der Waals surface area contributed by atoms with Gasteiger partial charge in [0.2, 0.25) is 0 Å². The van der Waals surface area contributed by atoms with Crippen molar-refractivity contribution in [3.8, 4) is 5.82 Å². The van der Waals surface area contributed by atoms with Gasteiger partial charge < -0.3 is 10.1 Å². The van der Waals surface area contributed by atoms with Crippen molar-refractivity contribution in [3.63, 3.8) is 0 Å². The smallest absolute Gasteiger partial charge is 0.254 e. The molecule has 1 unspecified atom stereocenters. The fraction of sp³-hybridized carbons (Fsp3) is 0.400. The van der Waals surface area contributed by atoms with Crippen LogP contribution in [0.1, 0.15) is 28.9 Å². The van der Waals surface area contributed by atoms with Gasteiger partial charge >= 0.3 is 0 Å².